The van der Waals surface area contributed by atoms with Gasteiger partial charge in [-0.15, -0.1) is 0 Å². The molecular weight excluding hydrogens is 200 g/mol. The van der Waals surface area contributed by atoms with Crippen LogP contribution in [0, 0.1) is 0 Å². The Balaban J connectivity index is 2.35. The third kappa shape index (κ3) is 4.45. The van der Waals surface area contributed by atoms with Crippen molar-refractivity contribution in [2.45, 2.75) is 38.8 Å². The first-order valence-corrected chi connectivity index (χ1v) is 5.69. The summed E-state index contributed by atoms with van der Waals surface area (Å²) in [7, 11) is 0. The van der Waals surface area contributed by atoms with Gasteiger partial charge in [-0.2, -0.15) is 0 Å². The molecule has 0 aliphatic heterocycles. The van der Waals surface area contributed by atoms with Crippen LogP contribution in [0.3, 0.4) is 0 Å². The number of rotatable bonds is 5. The number of carbonyl (C=O) groups is 1. The van der Waals surface area contributed by atoms with E-state index in [-0.39, 0.29) is 11.9 Å². The predicted octanol–water partition coefficient (Wildman–Crippen LogP) is 1.47. The van der Waals surface area contributed by atoms with Crippen LogP contribution in [-0.4, -0.2) is 18.0 Å². The third-order valence-electron chi connectivity index (χ3n) is 2.35. The normalized spacial score (nSPS) is 12.5. The molecule has 0 aliphatic carbocycles. The predicted molar refractivity (Wildman–Crippen MR) is 66.0 cm³/mol. The first-order valence-electron chi connectivity index (χ1n) is 5.69. The maximum Gasteiger partial charge on any atom is 0.237 e. The number of carbonyl (C=O) groups excluding carboxylic acids is 1. The Hall–Kier alpha value is -1.35. The maximum absolute atomic E-state index is 11.5. The van der Waals surface area contributed by atoms with Crippen molar-refractivity contribution < 1.29 is 4.79 Å². The van der Waals surface area contributed by atoms with E-state index in [1.54, 1.807) is 0 Å². The van der Waals surface area contributed by atoms with Crippen molar-refractivity contribution in [3.63, 3.8) is 0 Å². The van der Waals surface area contributed by atoms with Gasteiger partial charge in [0.1, 0.15) is 0 Å². The summed E-state index contributed by atoms with van der Waals surface area (Å²) in [6.07, 6.45) is 1.52. The number of aryl methyl sites for hydroxylation is 1. The topological polar surface area (TPSA) is 55.1 Å². The fourth-order valence-electron chi connectivity index (χ4n) is 1.49. The van der Waals surface area contributed by atoms with Gasteiger partial charge in [0.25, 0.3) is 0 Å². The molecule has 1 aromatic rings. The number of hydrogen-bond acceptors (Lipinski definition) is 2. The Labute approximate surface area is 97.0 Å². The van der Waals surface area contributed by atoms with E-state index in [2.05, 4.69) is 5.32 Å². The fourth-order valence-corrected chi connectivity index (χ4v) is 1.49. The van der Waals surface area contributed by atoms with Crippen molar-refractivity contribution >= 4 is 5.91 Å². The summed E-state index contributed by atoms with van der Waals surface area (Å²) >= 11 is 0. The van der Waals surface area contributed by atoms with E-state index < -0.39 is 6.04 Å². The molecule has 0 aliphatic rings. The molecule has 1 atom stereocenters. The minimum absolute atomic E-state index is 0.0640. The zero-order valence-corrected chi connectivity index (χ0v) is 9.94. The second-order valence-electron chi connectivity index (χ2n) is 4.29. The number of nitrogens with two attached hydrogens (primary N) is 1. The van der Waals surface area contributed by atoms with E-state index in [0.717, 1.165) is 6.42 Å². The van der Waals surface area contributed by atoms with Crippen molar-refractivity contribution in [2.24, 2.45) is 5.73 Å². The van der Waals surface area contributed by atoms with Crippen molar-refractivity contribution in [3.05, 3.63) is 35.9 Å². The smallest absolute Gasteiger partial charge is 0.237 e. The summed E-state index contributed by atoms with van der Waals surface area (Å²) in [5.74, 6) is -0.0640. The SMILES string of the molecule is CC(C)NC(=O)[C@@H](N)CCc1ccccc1. The highest BCUT2D eigenvalue weighted by atomic mass is 16.2. The monoisotopic (exact) mass is 220 g/mol. The molecule has 3 N–H and O–H groups in total. The highest BCUT2D eigenvalue weighted by Crippen LogP contribution is 2.04. The van der Waals surface area contributed by atoms with Crippen LogP contribution in [0.4, 0.5) is 0 Å². The van der Waals surface area contributed by atoms with E-state index in [4.69, 9.17) is 5.73 Å². The molecule has 1 rings (SSSR count). The average Bonchev–Trinajstić information content (AvgIpc) is 2.26. The van der Waals surface area contributed by atoms with Gasteiger partial charge in [-0.3, -0.25) is 4.79 Å². The highest BCUT2D eigenvalue weighted by molar-refractivity contribution is 5.81. The van der Waals surface area contributed by atoms with Crippen molar-refractivity contribution in [1.82, 2.24) is 5.32 Å². The first kappa shape index (κ1) is 12.7. The van der Waals surface area contributed by atoms with Gasteiger partial charge in [-0.25, -0.2) is 0 Å². The van der Waals surface area contributed by atoms with E-state index in [1.807, 2.05) is 44.2 Å². The largest absolute Gasteiger partial charge is 0.353 e. The number of hydrogen-bond donors (Lipinski definition) is 2. The molecule has 0 spiro atoms. The Morgan fingerprint density at radius 3 is 2.50 bits per heavy atom. The van der Waals surface area contributed by atoms with E-state index >= 15 is 0 Å². The summed E-state index contributed by atoms with van der Waals surface area (Å²) in [5.41, 5.74) is 7.02. The van der Waals surface area contributed by atoms with Crippen LogP contribution in [0.2, 0.25) is 0 Å². The second-order valence-corrected chi connectivity index (χ2v) is 4.29. The van der Waals surface area contributed by atoms with E-state index in [0.29, 0.717) is 6.42 Å². The van der Waals surface area contributed by atoms with Gasteiger partial charge in [0.15, 0.2) is 0 Å². The molecule has 0 fully saturated rings. The van der Waals surface area contributed by atoms with Crippen LogP contribution in [0.25, 0.3) is 0 Å². The van der Waals surface area contributed by atoms with Crippen LogP contribution in [-0.2, 0) is 11.2 Å². The molecule has 0 unspecified atom stereocenters. The minimum atomic E-state index is -0.414. The third-order valence-corrected chi connectivity index (χ3v) is 2.35. The standard InChI is InChI=1S/C13H20N2O/c1-10(2)15-13(16)12(14)9-8-11-6-4-3-5-7-11/h3-7,10,12H,8-9,14H2,1-2H3,(H,15,16)/t12-/m0/s1. The lowest BCUT2D eigenvalue weighted by molar-refractivity contribution is -0.122. The highest BCUT2D eigenvalue weighted by Gasteiger charge is 2.13. The molecule has 1 aromatic carbocycles. The van der Waals surface area contributed by atoms with Gasteiger partial charge in [0.2, 0.25) is 5.91 Å². The lowest BCUT2D eigenvalue weighted by Gasteiger charge is -2.14. The second kappa shape index (κ2) is 6.28. The van der Waals surface area contributed by atoms with Gasteiger partial charge in [0.05, 0.1) is 6.04 Å². The van der Waals surface area contributed by atoms with Gasteiger partial charge in [-0.05, 0) is 32.3 Å². The van der Waals surface area contributed by atoms with Gasteiger partial charge in [-0.1, -0.05) is 30.3 Å². The van der Waals surface area contributed by atoms with Crippen molar-refractivity contribution in [2.75, 3.05) is 0 Å². The molecule has 0 bridgehead atoms. The zero-order valence-electron chi connectivity index (χ0n) is 9.94. The van der Waals surface area contributed by atoms with Crippen LogP contribution in [0.5, 0.6) is 0 Å². The molecular formula is C13H20N2O. The van der Waals surface area contributed by atoms with Crippen LogP contribution in [0.15, 0.2) is 30.3 Å². The van der Waals surface area contributed by atoms with Gasteiger partial charge in [0, 0.05) is 6.04 Å². The van der Waals surface area contributed by atoms with E-state index in [9.17, 15) is 4.79 Å². The van der Waals surface area contributed by atoms with Gasteiger partial charge >= 0.3 is 0 Å². The Kier molecular flexibility index (Phi) is 4.99. The van der Waals surface area contributed by atoms with Crippen LogP contribution < -0.4 is 11.1 Å². The molecule has 0 radical (unpaired) electrons. The molecule has 0 saturated heterocycles. The molecule has 88 valence electrons. The summed E-state index contributed by atoms with van der Waals surface area (Å²) < 4.78 is 0. The molecule has 3 nitrogen and oxygen atoms in total. The zero-order chi connectivity index (χ0) is 12.0. The van der Waals surface area contributed by atoms with Gasteiger partial charge < -0.3 is 11.1 Å². The quantitative estimate of drug-likeness (QED) is 0.789. The van der Waals surface area contributed by atoms with Crippen molar-refractivity contribution in [1.29, 1.82) is 0 Å². The maximum atomic E-state index is 11.5. The van der Waals surface area contributed by atoms with E-state index in [1.165, 1.54) is 5.56 Å². The summed E-state index contributed by atoms with van der Waals surface area (Å²) in [6, 6.07) is 9.80. The average molecular weight is 220 g/mol. The first-order chi connectivity index (χ1) is 7.59. The molecule has 16 heavy (non-hydrogen) atoms. The molecule has 0 aromatic heterocycles. The lowest BCUT2D eigenvalue weighted by Crippen LogP contribution is -2.43. The minimum Gasteiger partial charge on any atom is -0.353 e. The number of amides is 1. The fraction of sp³-hybridized carbons (Fsp3) is 0.462. The molecule has 3 heteroatoms. The van der Waals surface area contributed by atoms with Crippen LogP contribution in [0.1, 0.15) is 25.8 Å². The Morgan fingerprint density at radius 1 is 1.31 bits per heavy atom. The molecule has 0 saturated carbocycles. The lowest BCUT2D eigenvalue weighted by atomic mass is 10.1. The molecule has 0 heterocycles. The number of benzene rings is 1. The van der Waals surface area contributed by atoms with Crippen LogP contribution >= 0.6 is 0 Å². The molecule has 1 amide bonds. The summed E-state index contributed by atoms with van der Waals surface area (Å²) in [4.78, 5) is 11.5. The Bertz CT molecular complexity index is 322. The summed E-state index contributed by atoms with van der Waals surface area (Å²) in [5, 5.41) is 2.81. The number of nitrogens with one attached hydrogen (secondary N) is 1. The van der Waals surface area contributed by atoms with Crippen molar-refractivity contribution in [3.8, 4) is 0 Å². The summed E-state index contributed by atoms with van der Waals surface area (Å²) in [6.45, 7) is 3.86. The Morgan fingerprint density at radius 2 is 1.94 bits per heavy atom.